The van der Waals surface area contributed by atoms with Crippen LogP contribution in [-0.4, -0.2) is 39.6 Å². The van der Waals surface area contributed by atoms with Crippen LogP contribution in [-0.2, 0) is 13.0 Å². The highest BCUT2D eigenvalue weighted by atomic mass is 35.5. The molecule has 0 fully saturated rings. The Morgan fingerprint density at radius 3 is 2.62 bits per heavy atom. The second kappa shape index (κ2) is 10.2. The van der Waals surface area contributed by atoms with Gasteiger partial charge in [0.25, 0.3) is 0 Å². The van der Waals surface area contributed by atoms with Crippen LogP contribution >= 0.6 is 11.6 Å². The monoisotopic (exact) mass is 410 g/mol. The van der Waals surface area contributed by atoms with Crippen molar-refractivity contribution in [3.8, 4) is 17.0 Å². The van der Waals surface area contributed by atoms with Gasteiger partial charge in [0.2, 0.25) is 5.95 Å². The van der Waals surface area contributed by atoms with Crippen molar-refractivity contribution in [1.29, 1.82) is 0 Å². The maximum atomic E-state index is 9.51. The molecule has 1 heterocycles. The zero-order valence-corrected chi connectivity index (χ0v) is 17.7. The van der Waals surface area contributed by atoms with Crippen LogP contribution < -0.4 is 5.32 Å². The highest BCUT2D eigenvalue weighted by Crippen LogP contribution is 2.24. The first-order chi connectivity index (χ1) is 14.1. The second-order valence-corrected chi connectivity index (χ2v) is 7.30. The number of phenolic OH excluding ortho intramolecular Hbond substituents is 1. The van der Waals surface area contributed by atoms with Gasteiger partial charge in [-0.15, -0.1) is 0 Å². The summed E-state index contributed by atoms with van der Waals surface area (Å²) in [5.74, 6) is 0.698. The largest absolute Gasteiger partial charge is 0.506 e. The Balaban J connectivity index is 1.65. The van der Waals surface area contributed by atoms with Crippen LogP contribution in [0.15, 0.2) is 54.7 Å². The van der Waals surface area contributed by atoms with Crippen molar-refractivity contribution in [2.45, 2.75) is 26.8 Å². The fraction of sp³-hybridized carbons (Fsp3) is 0.304. The lowest BCUT2D eigenvalue weighted by atomic mass is 10.1. The summed E-state index contributed by atoms with van der Waals surface area (Å²) in [4.78, 5) is 11.4. The van der Waals surface area contributed by atoms with Gasteiger partial charge in [-0.2, -0.15) is 0 Å². The molecule has 0 amide bonds. The molecule has 1 aromatic heterocycles. The minimum absolute atomic E-state index is 0.0997. The van der Waals surface area contributed by atoms with Crippen LogP contribution in [0.2, 0.25) is 5.02 Å². The topological polar surface area (TPSA) is 61.3 Å². The van der Waals surface area contributed by atoms with Crippen LogP contribution in [0.1, 0.15) is 25.0 Å². The molecule has 0 atom stereocenters. The van der Waals surface area contributed by atoms with Crippen LogP contribution in [0, 0.1) is 0 Å². The van der Waals surface area contributed by atoms with Gasteiger partial charge in [-0.3, -0.25) is 4.90 Å². The lowest BCUT2D eigenvalue weighted by molar-refractivity contribution is 0.296. The summed E-state index contributed by atoms with van der Waals surface area (Å²) in [6.45, 7) is 8.05. The SMILES string of the molecule is CCN(CC)Cc1cccc(-c2ccnc(NCCc3ccc(O)c(Cl)c3)n2)c1. The van der Waals surface area contributed by atoms with E-state index in [2.05, 4.69) is 58.3 Å². The predicted octanol–water partition coefficient (Wildman–Crippen LogP) is 5.00. The van der Waals surface area contributed by atoms with Crippen molar-refractivity contribution >= 4 is 17.5 Å². The molecule has 0 aliphatic rings. The number of hydrogen-bond donors (Lipinski definition) is 2. The Morgan fingerprint density at radius 2 is 1.86 bits per heavy atom. The molecule has 0 aliphatic heterocycles. The zero-order valence-electron chi connectivity index (χ0n) is 16.9. The Bertz CT molecular complexity index is 944. The Morgan fingerprint density at radius 1 is 1.03 bits per heavy atom. The number of anilines is 1. The van der Waals surface area contributed by atoms with Gasteiger partial charge in [-0.25, -0.2) is 9.97 Å². The van der Waals surface area contributed by atoms with Gasteiger partial charge in [0.1, 0.15) is 5.75 Å². The smallest absolute Gasteiger partial charge is 0.223 e. The number of benzene rings is 2. The Hall–Kier alpha value is -2.63. The molecule has 3 aromatic rings. The summed E-state index contributed by atoms with van der Waals surface area (Å²) >= 11 is 5.96. The number of hydrogen-bond acceptors (Lipinski definition) is 5. The molecule has 0 saturated heterocycles. The third-order valence-electron chi connectivity index (χ3n) is 4.89. The lowest BCUT2D eigenvalue weighted by Gasteiger charge is -2.18. The lowest BCUT2D eigenvalue weighted by Crippen LogP contribution is -2.22. The maximum absolute atomic E-state index is 9.51. The van der Waals surface area contributed by atoms with Crippen molar-refractivity contribution in [2.24, 2.45) is 0 Å². The van der Waals surface area contributed by atoms with E-state index in [1.165, 1.54) is 5.56 Å². The van der Waals surface area contributed by atoms with E-state index >= 15 is 0 Å². The van der Waals surface area contributed by atoms with Gasteiger partial charge in [0.15, 0.2) is 0 Å². The summed E-state index contributed by atoms with van der Waals surface area (Å²) in [5, 5.41) is 13.1. The molecule has 0 unspecified atom stereocenters. The molecule has 29 heavy (non-hydrogen) atoms. The fourth-order valence-corrected chi connectivity index (χ4v) is 3.37. The molecular weight excluding hydrogens is 384 g/mol. The molecule has 2 N–H and O–H groups in total. The first-order valence-electron chi connectivity index (χ1n) is 9.95. The second-order valence-electron chi connectivity index (χ2n) is 6.89. The highest BCUT2D eigenvalue weighted by Gasteiger charge is 2.06. The van der Waals surface area contributed by atoms with E-state index in [1.807, 2.05) is 12.1 Å². The molecule has 5 nitrogen and oxygen atoms in total. The molecule has 0 radical (unpaired) electrons. The third-order valence-corrected chi connectivity index (χ3v) is 5.19. The Labute approximate surface area is 177 Å². The molecule has 0 saturated carbocycles. The fourth-order valence-electron chi connectivity index (χ4n) is 3.16. The number of nitrogens with one attached hydrogen (secondary N) is 1. The average Bonchev–Trinajstić information content (AvgIpc) is 2.75. The number of nitrogens with zero attached hydrogens (tertiary/aromatic N) is 3. The van der Waals surface area contributed by atoms with Crippen LogP contribution in [0.4, 0.5) is 5.95 Å². The molecule has 0 spiro atoms. The van der Waals surface area contributed by atoms with E-state index in [0.717, 1.165) is 42.9 Å². The van der Waals surface area contributed by atoms with E-state index in [-0.39, 0.29) is 5.75 Å². The van der Waals surface area contributed by atoms with E-state index in [9.17, 15) is 5.11 Å². The summed E-state index contributed by atoms with van der Waals surface area (Å²) in [7, 11) is 0. The van der Waals surface area contributed by atoms with Crippen molar-refractivity contribution in [2.75, 3.05) is 25.0 Å². The van der Waals surface area contributed by atoms with E-state index in [1.54, 1.807) is 18.3 Å². The summed E-state index contributed by atoms with van der Waals surface area (Å²) in [6, 6.07) is 15.7. The minimum Gasteiger partial charge on any atom is -0.506 e. The summed E-state index contributed by atoms with van der Waals surface area (Å²) < 4.78 is 0. The predicted molar refractivity (Wildman–Crippen MR) is 119 cm³/mol. The average molecular weight is 411 g/mol. The molecule has 0 bridgehead atoms. The molecule has 6 heteroatoms. The van der Waals surface area contributed by atoms with Crippen LogP contribution in [0.5, 0.6) is 5.75 Å². The molecule has 152 valence electrons. The molecule has 0 aliphatic carbocycles. The van der Waals surface area contributed by atoms with Gasteiger partial charge in [-0.1, -0.05) is 49.7 Å². The number of aromatic hydroxyl groups is 1. The van der Waals surface area contributed by atoms with Crippen molar-refractivity contribution < 1.29 is 5.11 Å². The van der Waals surface area contributed by atoms with E-state index < -0.39 is 0 Å². The van der Waals surface area contributed by atoms with Crippen LogP contribution in [0.25, 0.3) is 11.3 Å². The highest BCUT2D eigenvalue weighted by molar-refractivity contribution is 6.32. The van der Waals surface area contributed by atoms with E-state index in [4.69, 9.17) is 11.6 Å². The number of aromatic nitrogens is 2. The quantitative estimate of drug-likeness (QED) is 0.519. The zero-order chi connectivity index (χ0) is 20.6. The van der Waals surface area contributed by atoms with Crippen molar-refractivity contribution in [1.82, 2.24) is 14.9 Å². The molecule has 2 aromatic carbocycles. The van der Waals surface area contributed by atoms with Gasteiger partial charge in [0.05, 0.1) is 10.7 Å². The first kappa shape index (κ1) is 21.1. The van der Waals surface area contributed by atoms with Gasteiger partial charge < -0.3 is 10.4 Å². The van der Waals surface area contributed by atoms with Crippen molar-refractivity contribution in [3.05, 3.63) is 70.9 Å². The standard InChI is InChI=1S/C23H27ClN4O/c1-3-28(4-2)16-18-6-5-7-19(14-18)21-11-13-26-23(27-21)25-12-10-17-8-9-22(29)20(24)15-17/h5-9,11,13-15,29H,3-4,10,12,16H2,1-2H3,(H,25,26,27). The molecule has 3 rings (SSSR count). The third kappa shape index (κ3) is 5.92. The minimum atomic E-state index is 0.0997. The van der Waals surface area contributed by atoms with Crippen molar-refractivity contribution in [3.63, 3.8) is 0 Å². The summed E-state index contributed by atoms with van der Waals surface area (Å²) in [5.41, 5.74) is 4.31. The number of rotatable bonds is 9. The normalized spacial score (nSPS) is 11.0. The summed E-state index contributed by atoms with van der Waals surface area (Å²) in [6.07, 6.45) is 2.53. The number of halogens is 1. The molecular formula is C23H27ClN4O. The van der Waals surface area contributed by atoms with E-state index in [0.29, 0.717) is 17.5 Å². The van der Waals surface area contributed by atoms with Crippen LogP contribution in [0.3, 0.4) is 0 Å². The Kier molecular flexibility index (Phi) is 7.44. The number of phenols is 1. The first-order valence-corrected chi connectivity index (χ1v) is 10.3. The van der Waals surface area contributed by atoms with Gasteiger partial charge in [-0.05, 0) is 54.9 Å². The maximum Gasteiger partial charge on any atom is 0.223 e. The van der Waals surface area contributed by atoms with Gasteiger partial charge in [0, 0.05) is 24.8 Å². The van der Waals surface area contributed by atoms with Gasteiger partial charge >= 0.3 is 0 Å².